The zero-order valence-corrected chi connectivity index (χ0v) is 43.5. The van der Waals surface area contributed by atoms with Gasteiger partial charge in [0.2, 0.25) is 4.80 Å². The molecule has 1 aromatic heterocycles. The van der Waals surface area contributed by atoms with E-state index in [0.717, 1.165) is 65.4 Å². The number of hydrogen-bond acceptors (Lipinski definition) is 22. The van der Waals surface area contributed by atoms with Crippen molar-refractivity contribution in [3.63, 3.8) is 0 Å². The molecule has 3 aromatic carbocycles. The van der Waals surface area contributed by atoms with Crippen LogP contribution in [0.15, 0.2) is 100 Å². The van der Waals surface area contributed by atoms with E-state index in [4.69, 9.17) is 73.9 Å². The molecule has 0 bridgehead atoms. The van der Waals surface area contributed by atoms with E-state index in [-0.39, 0.29) is 22.0 Å². The van der Waals surface area contributed by atoms with Gasteiger partial charge in [-0.2, -0.15) is 4.98 Å². The predicted molar refractivity (Wildman–Crippen MR) is 260 cm³/mol. The van der Waals surface area contributed by atoms with Crippen LogP contribution < -0.4 is 9.60 Å². The number of nitrogens with zero attached hydrogens (tertiary/aromatic N) is 4. The number of rotatable bonds is 17. The fourth-order valence-electron chi connectivity index (χ4n) is 7.47. The van der Waals surface area contributed by atoms with Crippen molar-refractivity contribution in [2.24, 2.45) is 9.98 Å². The second kappa shape index (κ2) is 27.2. The molecular formula is C48H52Cl2N4O17S2. The molecule has 0 amide bonds. The third-order valence-corrected chi connectivity index (χ3v) is 12.2. The third-order valence-electron chi connectivity index (χ3n) is 10.2. The number of carbonyl (C=O) groups is 7. The molecule has 0 saturated carbocycles. The molecule has 392 valence electrons. The van der Waals surface area contributed by atoms with Crippen LogP contribution in [0.3, 0.4) is 0 Å². The van der Waals surface area contributed by atoms with E-state index < -0.39 is 116 Å². The lowest BCUT2D eigenvalue weighted by Crippen LogP contribution is -2.67. The Hall–Kier alpha value is -6.21. The topological polar surface area (TPSA) is 254 Å². The summed E-state index contributed by atoms with van der Waals surface area (Å²) >= 11 is 8.96. The Bertz CT molecular complexity index is 2750. The van der Waals surface area contributed by atoms with E-state index in [2.05, 4.69) is 0 Å². The molecule has 10 atom stereocenters. The van der Waals surface area contributed by atoms with Crippen LogP contribution in [0.4, 0.5) is 5.69 Å². The molecular weight excluding hydrogens is 1040 g/mol. The average Bonchev–Trinajstić information content (AvgIpc) is 3.30. The van der Waals surface area contributed by atoms with Gasteiger partial charge < -0.3 is 47.4 Å². The Labute approximate surface area is 437 Å². The van der Waals surface area contributed by atoms with Crippen LogP contribution in [0, 0.1) is 0 Å². The highest BCUT2D eigenvalue weighted by Gasteiger charge is 2.57. The van der Waals surface area contributed by atoms with Gasteiger partial charge in [-0.1, -0.05) is 89.3 Å². The van der Waals surface area contributed by atoms with Crippen molar-refractivity contribution < 1.29 is 80.9 Å². The van der Waals surface area contributed by atoms with Crippen LogP contribution in [-0.2, 0) is 86.7 Å². The Balaban J connectivity index is 0.00000988. The normalized spacial score (nSPS) is 23.9. The van der Waals surface area contributed by atoms with Gasteiger partial charge in [-0.15, -0.1) is 12.4 Å². The molecule has 2 fully saturated rings. The minimum atomic E-state index is -1.87. The van der Waals surface area contributed by atoms with Crippen LogP contribution in [0.1, 0.15) is 54.0 Å². The number of halogens is 2. The maximum atomic E-state index is 13.2. The molecule has 73 heavy (non-hydrogen) atoms. The molecule has 4 aromatic rings. The van der Waals surface area contributed by atoms with Crippen molar-refractivity contribution in [2.75, 3.05) is 13.2 Å². The molecule has 0 N–H and O–H groups in total. The fourth-order valence-corrected chi connectivity index (χ4v) is 9.61. The second-order valence-electron chi connectivity index (χ2n) is 15.9. The van der Waals surface area contributed by atoms with E-state index in [1.807, 2.05) is 48.5 Å². The molecule has 2 aliphatic rings. The van der Waals surface area contributed by atoms with Gasteiger partial charge in [-0.05, 0) is 35.9 Å². The van der Waals surface area contributed by atoms with E-state index in [1.165, 1.54) is 11.8 Å². The number of hydrogen-bond donors (Lipinski definition) is 0. The fraction of sp³-hybridized carbons (Fsp3) is 0.417. The molecule has 21 nitrogen and oxygen atoms in total. The largest absolute Gasteiger partial charge is 0.463 e. The molecule has 3 heterocycles. The number of esters is 7. The number of benzene rings is 3. The molecule has 2 aliphatic heterocycles. The van der Waals surface area contributed by atoms with Crippen LogP contribution in [0.5, 0.6) is 0 Å². The van der Waals surface area contributed by atoms with Gasteiger partial charge in [0.25, 0.3) is 0 Å². The lowest BCUT2D eigenvalue weighted by Gasteiger charge is -2.48. The molecule has 6 rings (SSSR count). The van der Waals surface area contributed by atoms with Crippen LogP contribution in [-0.4, -0.2) is 126 Å². The molecule has 25 heteroatoms. The number of para-hydroxylation sites is 1. The van der Waals surface area contributed by atoms with Gasteiger partial charge in [0.15, 0.2) is 53.0 Å². The highest BCUT2D eigenvalue weighted by molar-refractivity contribution is 7.98. The Morgan fingerprint density at radius 1 is 0.630 bits per heavy atom. The minimum Gasteiger partial charge on any atom is -0.463 e. The zero-order chi connectivity index (χ0) is 52.1. The summed E-state index contributed by atoms with van der Waals surface area (Å²) in [5, 5.41) is 0.768. The Morgan fingerprint density at radius 3 is 1.71 bits per heavy atom. The van der Waals surface area contributed by atoms with Crippen molar-refractivity contribution in [1.29, 1.82) is 0 Å². The van der Waals surface area contributed by atoms with Crippen LogP contribution in [0.25, 0.3) is 5.69 Å². The van der Waals surface area contributed by atoms with E-state index >= 15 is 0 Å². The van der Waals surface area contributed by atoms with Crippen molar-refractivity contribution in [1.82, 2.24) is 9.55 Å². The highest BCUT2D eigenvalue weighted by atomic mass is 35.5. The van der Waals surface area contributed by atoms with Crippen molar-refractivity contribution in [2.45, 2.75) is 121 Å². The molecule has 0 spiro atoms. The third kappa shape index (κ3) is 16.7. The maximum absolute atomic E-state index is 13.2. The first kappa shape index (κ1) is 57.7. The van der Waals surface area contributed by atoms with Gasteiger partial charge in [-0.3, -0.25) is 38.1 Å². The van der Waals surface area contributed by atoms with Gasteiger partial charge in [-0.25, -0.2) is 9.98 Å². The summed E-state index contributed by atoms with van der Waals surface area (Å²) in [6.07, 6.45) is -16.5. The summed E-state index contributed by atoms with van der Waals surface area (Å²) in [6.45, 7) is 6.31. The summed E-state index contributed by atoms with van der Waals surface area (Å²) in [5.41, 5.74) is 2.04. The first-order chi connectivity index (χ1) is 34.3. The van der Waals surface area contributed by atoms with E-state index in [9.17, 15) is 33.6 Å². The number of carbonyl (C=O) groups excluding carboxylic acids is 7. The Morgan fingerprint density at radius 2 is 1.15 bits per heavy atom. The van der Waals surface area contributed by atoms with Gasteiger partial charge >= 0.3 is 41.8 Å². The second-order valence-corrected chi connectivity index (χ2v) is 18.2. The predicted octanol–water partition coefficient (Wildman–Crippen LogP) is 5.05. The first-order valence-electron chi connectivity index (χ1n) is 22.1. The lowest BCUT2D eigenvalue weighted by atomic mass is 9.95. The van der Waals surface area contributed by atoms with Gasteiger partial charge in [0.1, 0.15) is 31.5 Å². The van der Waals surface area contributed by atoms with E-state index in [1.54, 1.807) is 41.0 Å². The highest BCUT2D eigenvalue weighted by Crippen LogP contribution is 2.36. The first-order valence-corrected chi connectivity index (χ1v) is 24.3. The molecule has 0 unspecified atom stereocenters. The van der Waals surface area contributed by atoms with Crippen LogP contribution in [0.2, 0.25) is 5.02 Å². The van der Waals surface area contributed by atoms with Crippen LogP contribution >= 0.6 is 47.1 Å². The SMILES string of the molecule is CC(=O)OC[C@H]1O[C@@H](O[C@H]2[C@H](OC(C)=O)[C@@H](OC(C)=O)[C@H](/N=c3\sc(=Nc4ccccc4)nc(SCc4ccccc4)n3-c3cccc(Cl)c3)O[C@@H]2COC(C)=O)[C@H](OC(C)=O)[C@@H](OC(C)=O)[C@H]1OC(C)=O.Cl. The zero-order valence-electron chi connectivity index (χ0n) is 40.3. The van der Waals surface area contributed by atoms with Crippen molar-refractivity contribution in [3.05, 3.63) is 105 Å². The summed E-state index contributed by atoms with van der Waals surface area (Å²) in [7, 11) is 0. The summed E-state index contributed by atoms with van der Waals surface area (Å²) in [6, 6.07) is 25.5. The summed E-state index contributed by atoms with van der Waals surface area (Å²) < 4.78 is 60.4. The Kier molecular flexibility index (Phi) is 21.5. The van der Waals surface area contributed by atoms with Crippen molar-refractivity contribution in [3.8, 4) is 5.69 Å². The molecule has 0 radical (unpaired) electrons. The number of thioether (sulfide) groups is 1. The quantitative estimate of drug-likeness (QED) is 0.0761. The molecule has 2 saturated heterocycles. The number of ether oxygens (including phenoxy) is 10. The van der Waals surface area contributed by atoms with Gasteiger partial charge in [0, 0.05) is 59.2 Å². The summed E-state index contributed by atoms with van der Waals surface area (Å²) in [4.78, 5) is 104. The standard InChI is InChI=1S/C48H51ClN4O17S2.ClH/c1-25(54)61-22-36-39(70-45-43(67-31(7)60)41(65-29(5)58)38(63-27(3)56)37(69-45)23-62-26(2)55)40(64-28(4)57)42(66-30(6)59)44(68-36)51-48-53(35-20-14-17-33(49)21-35)47(71-24-32-15-10-8-11-16-32)52-46(72-48)50-34-18-12-9-13-19-34;/h8-21,36-45H,22-24H2,1-7H3;1H/b50-46?,51-48-;/t36-,37-,38+,39-,40+,41+,42-,43-,44-,45+;/m1./s1. The van der Waals surface area contributed by atoms with Gasteiger partial charge in [0.05, 0.1) is 11.4 Å². The molecule has 0 aliphatic carbocycles. The smallest absolute Gasteiger partial charge is 0.303 e. The average molecular weight is 1090 g/mol. The maximum Gasteiger partial charge on any atom is 0.303 e. The monoisotopic (exact) mass is 1090 g/mol. The van der Waals surface area contributed by atoms with Crippen molar-refractivity contribution >= 4 is 94.6 Å². The summed E-state index contributed by atoms with van der Waals surface area (Å²) in [5.74, 6) is -5.62. The number of aromatic nitrogens is 2. The van der Waals surface area contributed by atoms with E-state index in [0.29, 0.717) is 27.3 Å². The minimum absolute atomic E-state index is 0. The lowest BCUT2D eigenvalue weighted by molar-refractivity contribution is -0.344.